The van der Waals surface area contributed by atoms with Crippen LogP contribution in [-0.2, 0) is 40.4 Å². The standard InChI is InChI=1S/C22H24O7/c1-3-27-20(25)22(21(26)28-4-2,17-8-6-5-7-9-17)15-29-19(24)14-16-10-12-18(23)13-11-16/h5-13,23H,3-4,14-15H2,1-2H3. The van der Waals surface area contributed by atoms with Crippen molar-refractivity contribution in [2.24, 2.45) is 0 Å². The molecule has 0 amide bonds. The van der Waals surface area contributed by atoms with Crippen molar-refractivity contribution >= 4 is 17.9 Å². The van der Waals surface area contributed by atoms with E-state index in [0.717, 1.165) is 0 Å². The number of carbonyl (C=O) groups is 3. The molecule has 7 heteroatoms. The van der Waals surface area contributed by atoms with Gasteiger partial charge in [0.05, 0.1) is 19.6 Å². The molecule has 0 heterocycles. The molecule has 0 aliphatic heterocycles. The van der Waals surface area contributed by atoms with Gasteiger partial charge in [0.15, 0.2) is 0 Å². The van der Waals surface area contributed by atoms with Crippen molar-refractivity contribution in [1.82, 2.24) is 0 Å². The van der Waals surface area contributed by atoms with E-state index >= 15 is 0 Å². The second kappa shape index (κ2) is 10.3. The summed E-state index contributed by atoms with van der Waals surface area (Å²) in [5, 5.41) is 9.33. The van der Waals surface area contributed by atoms with Gasteiger partial charge < -0.3 is 19.3 Å². The fourth-order valence-corrected chi connectivity index (χ4v) is 2.77. The Morgan fingerprint density at radius 2 is 1.38 bits per heavy atom. The van der Waals surface area contributed by atoms with Gasteiger partial charge in [0.1, 0.15) is 12.4 Å². The largest absolute Gasteiger partial charge is 0.508 e. The number of esters is 3. The molecule has 154 valence electrons. The molecule has 1 N–H and O–H groups in total. The average Bonchev–Trinajstić information content (AvgIpc) is 2.71. The molecule has 2 aromatic rings. The van der Waals surface area contributed by atoms with Crippen LogP contribution in [-0.4, -0.2) is 42.8 Å². The Morgan fingerprint density at radius 3 is 1.90 bits per heavy atom. The van der Waals surface area contributed by atoms with Gasteiger partial charge in [0.25, 0.3) is 0 Å². The minimum absolute atomic E-state index is 0.0499. The van der Waals surface area contributed by atoms with Crippen molar-refractivity contribution in [2.75, 3.05) is 19.8 Å². The van der Waals surface area contributed by atoms with Crippen molar-refractivity contribution in [2.45, 2.75) is 25.7 Å². The number of aromatic hydroxyl groups is 1. The van der Waals surface area contributed by atoms with E-state index in [1.54, 1.807) is 56.3 Å². The second-order valence-corrected chi connectivity index (χ2v) is 6.22. The van der Waals surface area contributed by atoms with E-state index in [2.05, 4.69) is 0 Å². The Bertz CT molecular complexity index is 810. The lowest BCUT2D eigenvalue weighted by Gasteiger charge is -2.29. The summed E-state index contributed by atoms with van der Waals surface area (Å²) in [6.45, 7) is 2.79. The Labute approximate surface area is 169 Å². The highest BCUT2D eigenvalue weighted by molar-refractivity contribution is 6.06. The molecule has 0 saturated carbocycles. The molecule has 7 nitrogen and oxygen atoms in total. The predicted molar refractivity (Wildman–Crippen MR) is 104 cm³/mol. The first-order valence-corrected chi connectivity index (χ1v) is 9.27. The van der Waals surface area contributed by atoms with Gasteiger partial charge in [-0.1, -0.05) is 42.5 Å². The van der Waals surface area contributed by atoms with Gasteiger partial charge >= 0.3 is 17.9 Å². The van der Waals surface area contributed by atoms with E-state index < -0.39 is 29.9 Å². The maximum atomic E-state index is 12.8. The topological polar surface area (TPSA) is 99.1 Å². The molecule has 0 aliphatic carbocycles. The summed E-state index contributed by atoms with van der Waals surface area (Å²) < 4.78 is 15.6. The molecule has 0 atom stereocenters. The van der Waals surface area contributed by atoms with E-state index in [0.29, 0.717) is 11.1 Å². The lowest BCUT2D eigenvalue weighted by Crippen LogP contribution is -2.50. The van der Waals surface area contributed by atoms with Gasteiger partial charge in [0, 0.05) is 0 Å². The molecule has 0 spiro atoms. The van der Waals surface area contributed by atoms with Gasteiger partial charge in [0.2, 0.25) is 5.41 Å². The summed E-state index contributed by atoms with van der Waals surface area (Å²) in [6.07, 6.45) is -0.0865. The van der Waals surface area contributed by atoms with Crippen molar-refractivity contribution < 1.29 is 33.7 Å². The summed E-state index contributed by atoms with van der Waals surface area (Å²) in [6, 6.07) is 14.3. The van der Waals surface area contributed by atoms with Crippen molar-refractivity contribution in [3.05, 3.63) is 65.7 Å². The van der Waals surface area contributed by atoms with Crippen molar-refractivity contribution in [3.8, 4) is 5.75 Å². The van der Waals surface area contributed by atoms with Crippen molar-refractivity contribution in [3.63, 3.8) is 0 Å². The number of benzene rings is 2. The number of rotatable bonds is 9. The molecule has 29 heavy (non-hydrogen) atoms. The number of carbonyl (C=O) groups excluding carboxylic acids is 3. The SMILES string of the molecule is CCOC(=O)C(COC(=O)Cc1ccc(O)cc1)(C(=O)OCC)c1ccccc1. The highest BCUT2D eigenvalue weighted by atomic mass is 16.6. The van der Waals surface area contributed by atoms with Gasteiger partial charge in [-0.25, -0.2) is 0 Å². The van der Waals surface area contributed by atoms with E-state index in [9.17, 15) is 19.5 Å². The highest BCUT2D eigenvalue weighted by Gasteiger charge is 2.52. The van der Waals surface area contributed by atoms with Crippen LogP contribution >= 0.6 is 0 Å². The zero-order valence-corrected chi connectivity index (χ0v) is 16.4. The molecule has 2 rings (SSSR count). The Kier molecular flexibility index (Phi) is 7.77. The molecule has 0 bridgehead atoms. The quantitative estimate of drug-likeness (QED) is 0.392. The first kappa shape index (κ1) is 21.9. The fraction of sp³-hybridized carbons (Fsp3) is 0.318. The van der Waals surface area contributed by atoms with Crippen LogP contribution in [0.25, 0.3) is 0 Å². The van der Waals surface area contributed by atoms with Gasteiger partial charge in [-0.2, -0.15) is 0 Å². The van der Waals surface area contributed by atoms with Gasteiger partial charge in [-0.05, 0) is 37.1 Å². The molecule has 0 fully saturated rings. The highest BCUT2D eigenvalue weighted by Crippen LogP contribution is 2.29. The zero-order chi connectivity index (χ0) is 21.3. The summed E-state index contributed by atoms with van der Waals surface area (Å²) in [5.74, 6) is -2.25. The number of phenols is 1. The average molecular weight is 400 g/mol. The molecule has 0 unspecified atom stereocenters. The van der Waals surface area contributed by atoms with E-state index in [1.165, 1.54) is 12.1 Å². The molecule has 0 aliphatic rings. The van der Waals surface area contributed by atoms with Crippen LogP contribution < -0.4 is 0 Å². The third kappa shape index (κ3) is 5.34. The Balaban J connectivity index is 2.30. The minimum Gasteiger partial charge on any atom is -0.508 e. The first-order valence-electron chi connectivity index (χ1n) is 9.27. The summed E-state index contributed by atoms with van der Waals surface area (Å²) >= 11 is 0. The predicted octanol–water partition coefficient (Wildman–Crippen LogP) is 2.54. The number of hydrogen-bond acceptors (Lipinski definition) is 7. The first-order chi connectivity index (χ1) is 13.9. The maximum absolute atomic E-state index is 12.8. The van der Waals surface area contributed by atoms with Crippen LogP contribution in [0.5, 0.6) is 5.75 Å². The normalized spacial score (nSPS) is 10.8. The lowest BCUT2D eigenvalue weighted by atomic mass is 9.81. The van der Waals surface area contributed by atoms with Gasteiger partial charge in [-0.15, -0.1) is 0 Å². The minimum atomic E-state index is -1.92. The lowest BCUT2D eigenvalue weighted by molar-refractivity contribution is -0.170. The second-order valence-electron chi connectivity index (χ2n) is 6.22. The van der Waals surface area contributed by atoms with Crippen LogP contribution in [0.4, 0.5) is 0 Å². The van der Waals surface area contributed by atoms with Crippen molar-refractivity contribution in [1.29, 1.82) is 0 Å². The van der Waals surface area contributed by atoms with Crippen LogP contribution in [0.3, 0.4) is 0 Å². The fourth-order valence-electron chi connectivity index (χ4n) is 2.77. The van der Waals surface area contributed by atoms with Crippen LogP contribution in [0, 0.1) is 0 Å². The summed E-state index contributed by atoms with van der Waals surface area (Å²) in [5.41, 5.74) is -0.988. The van der Waals surface area contributed by atoms with E-state index in [4.69, 9.17) is 14.2 Å². The number of ether oxygens (including phenoxy) is 3. The third-order valence-electron chi connectivity index (χ3n) is 4.25. The third-order valence-corrected chi connectivity index (χ3v) is 4.25. The van der Waals surface area contributed by atoms with Crippen LogP contribution in [0.15, 0.2) is 54.6 Å². The van der Waals surface area contributed by atoms with Crippen LogP contribution in [0.2, 0.25) is 0 Å². The summed E-state index contributed by atoms with van der Waals surface area (Å²) in [7, 11) is 0. The van der Waals surface area contributed by atoms with E-state index in [1.807, 2.05) is 0 Å². The maximum Gasteiger partial charge on any atom is 0.331 e. The zero-order valence-electron chi connectivity index (χ0n) is 16.4. The van der Waals surface area contributed by atoms with E-state index in [-0.39, 0.29) is 25.4 Å². The number of phenolic OH excluding ortho intramolecular Hbond substituents is 1. The number of hydrogen-bond donors (Lipinski definition) is 1. The van der Waals surface area contributed by atoms with Gasteiger partial charge in [-0.3, -0.25) is 14.4 Å². The smallest absolute Gasteiger partial charge is 0.331 e. The Hall–Kier alpha value is -3.35. The summed E-state index contributed by atoms with van der Waals surface area (Å²) in [4.78, 5) is 38.0. The molecule has 2 aromatic carbocycles. The monoisotopic (exact) mass is 400 g/mol. The molecular formula is C22H24O7. The molecule has 0 saturated heterocycles. The van der Waals surface area contributed by atoms with Crippen LogP contribution in [0.1, 0.15) is 25.0 Å². The molecule has 0 radical (unpaired) electrons. The molecule has 0 aromatic heterocycles. The Morgan fingerprint density at radius 1 is 0.828 bits per heavy atom. The molecular weight excluding hydrogens is 376 g/mol.